The third-order valence-electron chi connectivity index (χ3n) is 5.22. The van der Waals surface area contributed by atoms with Gasteiger partial charge in [0.1, 0.15) is 11.5 Å². The number of hydrogen-bond acceptors (Lipinski definition) is 5. The number of Topliss-reactive ketones (excluding diaryl/α,β-unsaturated/α-hetero) is 1. The number of benzene rings is 2. The highest BCUT2D eigenvalue weighted by Gasteiger charge is 2.28. The van der Waals surface area contributed by atoms with Crippen LogP contribution in [-0.2, 0) is 17.8 Å². The fourth-order valence-electron chi connectivity index (χ4n) is 3.75. The fraction of sp³-hybridized carbons (Fsp3) is 0.120. The molecule has 0 spiro atoms. The molecule has 2 aromatic heterocycles. The van der Waals surface area contributed by atoms with Gasteiger partial charge in [-0.15, -0.1) is 11.3 Å². The van der Waals surface area contributed by atoms with E-state index in [0.29, 0.717) is 17.1 Å². The van der Waals surface area contributed by atoms with Crippen molar-refractivity contribution < 1.29 is 19.1 Å². The minimum atomic E-state index is -0.352. The molecule has 6 heteroatoms. The molecule has 0 aliphatic carbocycles. The highest BCUT2D eigenvalue weighted by molar-refractivity contribution is 7.10. The van der Waals surface area contributed by atoms with E-state index in [1.165, 1.54) is 11.3 Å². The van der Waals surface area contributed by atoms with Gasteiger partial charge in [-0.1, -0.05) is 24.3 Å². The summed E-state index contributed by atoms with van der Waals surface area (Å²) in [5.74, 6) is 0.486. The van der Waals surface area contributed by atoms with Crippen molar-refractivity contribution in [3.8, 4) is 11.5 Å². The van der Waals surface area contributed by atoms with Gasteiger partial charge in [0.05, 0.1) is 12.0 Å². The fourth-order valence-corrected chi connectivity index (χ4v) is 4.44. The molecule has 2 aromatic carbocycles. The van der Waals surface area contributed by atoms with Crippen molar-refractivity contribution in [2.45, 2.75) is 19.9 Å². The summed E-state index contributed by atoms with van der Waals surface area (Å²) in [6.07, 6.45) is 4.01. The quantitative estimate of drug-likeness (QED) is 0.239. The lowest BCUT2D eigenvalue weighted by Crippen LogP contribution is -2.10. The second-order valence-electron chi connectivity index (χ2n) is 7.22. The highest BCUT2D eigenvalue weighted by atomic mass is 32.1. The van der Waals surface area contributed by atoms with E-state index in [4.69, 9.17) is 9.47 Å². The lowest BCUT2D eigenvalue weighted by molar-refractivity contribution is -0.133. The summed E-state index contributed by atoms with van der Waals surface area (Å²) < 4.78 is 13.4. The summed E-state index contributed by atoms with van der Waals surface area (Å²) >= 11 is 1.51. The summed E-state index contributed by atoms with van der Waals surface area (Å²) in [4.78, 5) is 26.0. The van der Waals surface area contributed by atoms with Crippen molar-refractivity contribution in [1.29, 1.82) is 0 Å². The largest absolute Gasteiger partial charge is 0.452 e. The number of thiophene rings is 1. The Morgan fingerprint density at radius 3 is 2.84 bits per heavy atom. The first-order chi connectivity index (χ1) is 15.1. The molecular weight excluding hydrogens is 410 g/mol. The summed E-state index contributed by atoms with van der Waals surface area (Å²) in [5.41, 5.74) is 2.50. The van der Waals surface area contributed by atoms with Crippen LogP contribution >= 0.6 is 11.3 Å². The summed E-state index contributed by atoms with van der Waals surface area (Å²) in [6.45, 7) is 2.91. The SMILES string of the molecule is CCn1cc(/C=C2\Oc3cc(OC(=O)Cc4cccs4)ccc3C2=O)c2ccccc21. The molecule has 0 radical (unpaired) electrons. The summed E-state index contributed by atoms with van der Waals surface area (Å²) in [5, 5.41) is 2.98. The van der Waals surface area contributed by atoms with Gasteiger partial charge in [-0.2, -0.15) is 0 Å². The average Bonchev–Trinajstić information content (AvgIpc) is 3.47. The van der Waals surface area contributed by atoms with Crippen LogP contribution in [0.1, 0.15) is 27.7 Å². The van der Waals surface area contributed by atoms with Crippen LogP contribution in [0.5, 0.6) is 11.5 Å². The third-order valence-corrected chi connectivity index (χ3v) is 6.09. The molecule has 0 N–H and O–H groups in total. The highest BCUT2D eigenvalue weighted by Crippen LogP contribution is 2.36. The molecule has 1 aliphatic rings. The molecule has 5 nitrogen and oxygen atoms in total. The van der Waals surface area contributed by atoms with Crippen LogP contribution in [0.2, 0.25) is 0 Å². The van der Waals surface area contributed by atoms with E-state index in [2.05, 4.69) is 17.6 Å². The Morgan fingerprint density at radius 2 is 2.03 bits per heavy atom. The van der Waals surface area contributed by atoms with E-state index in [9.17, 15) is 9.59 Å². The number of esters is 1. The average molecular weight is 429 g/mol. The Hall–Kier alpha value is -3.64. The predicted octanol–water partition coefficient (Wildman–Crippen LogP) is 5.49. The van der Waals surface area contributed by atoms with Crippen LogP contribution in [0.25, 0.3) is 17.0 Å². The number of nitrogens with zero attached hydrogens (tertiary/aromatic N) is 1. The maximum Gasteiger partial charge on any atom is 0.316 e. The van der Waals surface area contributed by atoms with E-state index in [-0.39, 0.29) is 23.9 Å². The molecule has 0 amide bonds. The predicted molar refractivity (Wildman–Crippen MR) is 121 cm³/mol. The normalized spacial score (nSPS) is 14.1. The summed E-state index contributed by atoms with van der Waals surface area (Å²) in [7, 11) is 0. The Bertz CT molecular complexity index is 1330. The minimum absolute atomic E-state index is 0.181. The van der Waals surface area contributed by atoms with Crippen molar-refractivity contribution in [2.24, 2.45) is 0 Å². The van der Waals surface area contributed by atoms with Crippen molar-refractivity contribution in [2.75, 3.05) is 0 Å². The first-order valence-corrected chi connectivity index (χ1v) is 10.9. The minimum Gasteiger partial charge on any atom is -0.452 e. The number of ether oxygens (including phenoxy) is 2. The topological polar surface area (TPSA) is 57.5 Å². The molecule has 0 saturated heterocycles. The molecule has 1 aliphatic heterocycles. The van der Waals surface area contributed by atoms with Crippen molar-refractivity contribution in [1.82, 2.24) is 4.57 Å². The van der Waals surface area contributed by atoms with Gasteiger partial charge in [0, 0.05) is 40.2 Å². The molecule has 0 unspecified atom stereocenters. The maximum atomic E-state index is 12.9. The molecule has 0 fully saturated rings. The van der Waals surface area contributed by atoms with E-state index >= 15 is 0 Å². The molecule has 0 atom stereocenters. The van der Waals surface area contributed by atoms with Crippen molar-refractivity contribution in [3.05, 3.63) is 87.9 Å². The van der Waals surface area contributed by atoms with E-state index < -0.39 is 0 Å². The maximum absolute atomic E-state index is 12.9. The van der Waals surface area contributed by atoms with E-state index in [1.54, 1.807) is 24.3 Å². The van der Waals surface area contributed by atoms with Gasteiger partial charge < -0.3 is 14.0 Å². The zero-order chi connectivity index (χ0) is 21.4. The lowest BCUT2D eigenvalue weighted by Gasteiger charge is -2.05. The van der Waals surface area contributed by atoms with Gasteiger partial charge >= 0.3 is 5.97 Å². The van der Waals surface area contributed by atoms with Crippen LogP contribution in [0.15, 0.2) is 71.9 Å². The molecule has 0 bridgehead atoms. The Balaban J connectivity index is 1.39. The van der Waals surface area contributed by atoms with Crippen LogP contribution in [-0.4, -0.2) is 16.3 Å². The lowest BCUT2D eigenvalue weighted by atomic mass is 10.1. The molecule has 3 heterocycles. The van der Waals surface area contributed by atoms with Gasteiger partial charge in [-0.25, -0.2) is 0 Å². The Morgan fingerprint density at radius 1 is 1.16 bits per heavy atom. The van der Waals surface area contributed by atoms with Gasteiger partial charge in [0.2, 0.25) is 5.78 Å². The zero-order valence-corrected chi connectivity index (χ0v) is 17.6. The number of fused-ring (bicyclic) bond motifs is 2. The number of carbonyl (C=O) groups excluding carboxylic acids is 2. The number of aryl methyl sites for hydroxylation is 1. The second kappa shape index (κ2) is 7.89. The van der Waals surface area contributed by atoms with E-state index in [0.717, 1.165) is 27.9 Å². The van der Waals surface area contributed by atoms with Crippen molar-refractivity contribution in [3.63, 3.8) is 0 Å². The van der Waals surface area contributed by atoms with Crippen LogP contribution < -0.4 is 9.47 Å². The van der Waals surface area contributed by atoms with Crippen LogP contribution in [0.3, 0.4) is 0 Å². The molecule has 4 aromatic rings. The van der Waals surface area contributed by atoms with Crippen molar-refractivity contribution >= 4 is 40.1 Å². The zero-order valence-electron chi connectivity index (χ0n) is 16.8. The number of aromatic nitrogens is 1. The number of ketones is 1. The number of hydrogen-bond donors (Lipinski definition) is 0. The molecule has 31 heavy (non-hydrogen) atoms. The standard InChI is InChI=1S/C25H19NO4S/c1-2-26-15-16(19-7-3-4-8-21(19)26)12-23-25(28)20-10-9-17(13-22(20)30-23)29-24(27)14-18-6-5-11-31-18/h3-13,15H,2,14H2,1H3/b23-12-. The Labute approximate surface area is 183 Å². The molecule has 5 rings (SSSR count). The second-order valence-corrected chi connectivity index (χ2v) is 8.25. The number of para-hydroxylation sites is 1. The monoisotopic (exact) mass is 429 g/mol. The molecular formula is C25H19NO4S. The summed E-state index contributed by atoms with van der Waals surface area (Å²) in [6, 6.07) is 16.7. The third kappa shape index (κ3) is 3.66. The van der Waals surface area contributed by atoms with Gasteiger partial charge in [-0.05, 0) is 42.6 Å². The van der Waals surface area contributed by atoms with Crippen LogP contribution in [0.4, 0.5) is 0 Å². The number of allylic oxidation sites excluding steroid dienone is 1. The first-order valence-electron chi connectivity index (χ1n) is 10.0. The van der Waals surface area contributed by atoms with Gasteiger partial charge in [0.15, 0.2) is 5.76 Å². The van der Waals surface area contributed by atoms with Gasteiger partial charge in [0.25, 0.3) is 0 Å². The Kier molecular flexibility index (Phi) is 4.92. The van der Waals surface area contributed by atoms with Crippen LogP contribution in [0, 0.1) is 0 Å². The first kappa shape index (κ1) is 19.3. The van der Waals surface area contributed by atoms with Gasteiger partial charge in [-0.3, -0.25) is 9.59 Å². The molecule has 154 valence electrons. The number of rotatable bonds is 5. The smallest absolute Gasteiger partial charge is 0.316 e. The number of carbonyl (C=O) groups is 2. The van der Waals surface area contributed by atoms with E-state index in [1.807, 2.05) is 41.9 Å². The molecule has 0 saturated carbocycles.